The normalized spacial score (nSPS) is 14.8. The highest BCUT2D eigenvalue weighted by Crippen LogP contribution is 2.16. The van der Waals surface area contributed by atoms with Gasteiger partial charge in [0.1, 0.15) is 0 Å². The minimum atomic E-state index is -0.456. The highest BCUT2D eigenvalue weighted by atomic mass is 79.9. The Morgan fingerprint density at radius 1 is 1.38 bits per heavy atom. The topological polar surface area (TPSA) is 41.5 Å². The van der Waals surface area contributed by atoms with Crippen molar-refractivity contribution < 1.29 is 9.84 Å². The van der Waals surface area contributed by atoms with Gasteiger partial charge in [0.25, 0.3) is 0 Å². The van der Waals surface area contributed by atoms with Gasteiger partial charge in [-0.05, 0) is 24.6 Å². The molecule has 1 rings (SSSR count). The number of methoxy groups -OCH3 is 1. The van der Waals surface area contributed by atoms with Gasteiger partial charge < -0.3 is 15.2 Å². The Hall–Kier alpha value is -0.420. The number of aliphatic hydroxyl groups excluding tert-OH is 1. The molecule has 0 aliphatic heterocycles. The van der Waals surface area contributed by atoms with E-state index in [2.05, 4.69) is 40.3 Å². The van der Waals surface area contributed by atoms with Crippen LogP contribution in [0.3, 0.4) is 0 Å². The van der Waals surface area contributed by atoms with Gasteiger partial charge in [0.05, 0.1) is 12.7 Å². The largest absolute Gasteiger partial charge is 0.389 e. The van der Waals surface area contributed by atoms with Crippen molar-refractivity contribution in [1.29, 1.82) is 0 Å². The van der Waals surface area contributed by atoms with Crippen LogP contribution in [0, 0.1) is 0 Å². The molecule has 0 radical (unpaired) electrons. The number of benzene rings is 1. The van der Waals surface area contributed by atoms with Gasteiger partial charge in [-0.2, -0.15) is 0 Å². The SMILES string of the molecule is COCC(O)CN[C@@H](C)c1ccc(Br)cc1. The molecule has 0 amide bonds. The third-order valence-electron chi connectivity index (χ3n) is 2.39. The van der Waals surface area contributed by atoms with Gasteiger partial charge in [-0.1, -0.05) is 28.1 Å². The van der Waals surface area contributed by atoms with E-state index in [1.54, 1.807) is 7.11 Å². The van der Waals surface area contributed by atoms with Crippen molar-refractivity contribution >= 4 is 15.9 Å². The first-order valence-electron chi connectivity index (χ1n) is 5.29. The summed E-state index contributed by atoms with van der Waals surface area (Å²) in [6.45, 7) is 2.97. The first-order chi connectivity index (χ1) is 7.63. The molecule has 0 aromatic heterocycles. The summed E-state index contributed by atoms with van der Waals surface area (Å²) in [7, 11) is 1.58. The van der Waals surface area contributed by atoms with Gasteiger partial charge in [0.2, 0.25) is 0 Å². The molecule has 2 atom stereocenters. The lowest BCUT2D eigenvalue weighted by Crippen LogP contribution is -2.31. The summed E-state index contributed by atoms with van der Waals surface area (Å²) in [5.74, 6) is 0. The van der Waals surface area contributed by atoms with E-state index in [1.807, 2.05) is 12.1 Å². The van der Waals surface area contributed by atoms with Crippen molar-refractivity contribution in [3.8, 4) is 0 Å². The predicted octanol–water partition coefficient (Wildman–Crippen LogP) is 2.11. The molecule has 2 N–H and O–H groups in total. The zero-order chi connectivity index (χ0) is 12.0. The van der Waals surface area contributed by atoms with Crippen molar-refractivity contribution in [3.05, 3.63) is 34.3 Å². The highest BCUT2D eigenvalue weighted by molar-refractivity contribution is 9.10. The van der Waals surface area contributed by atoms with Crippen molar-refractivity contribution in [3.63, 3.8) is 0 Å². The van der Waals surface area contributed by atoms with E-state index in [1.165, 1.54) is 5.56 Å². The molecule has 0 spiro atoms. The molecule has 90 valence electrons. The molecule has 1 aromatic carbocycles. The van der Waals surface area contributed by atoms with E-state index in [9.17, 15) is 5.11 Å². The number of hydrogen-bond acceptors (Lipinski definition) is 3. The van der Waals surface area contributed by atoms with E-state index < -0.39 is 6.10 Å². The zero-order valence-electron chi connectivity index (χ0n) is 9.61. The quantitative estimate of drug-likeness (QED) is 0.842. The van der Waals surface area contributed by atoms with Crippen LogP contribution in [0.4, 0.5) is 0 Å². The Balaban J connectivity index is 2.40. The van der Waals surface area contributed by atoms with Crippen LogP contribution in [0.5, 0.6) is 0 Å². The van der Waals surface area contributed by atoms with Crippen molar-refractivity contribution in [2.24, 2.45) is 0 Å². The zero-order valence-corrected chi connectivity index (χ0v) is 11.2. The minimum absolute atomic E-state index is 0.222. The molecule has 0 aliphatic rings. The summed E-state index contributed by atoms with van der Waals surface area (Å²) >= 11 is 3.40. The first-order valence-corrected chi connectivity index (χ1v) is 6.08. The van der Waals surface area contributed by atoms with Gasteiger partial charge in [-0.3, -0.25) is 0 Å². The third-order valence-corrected chi connectivity index (χ3v) is 2.92. The van der Waals surface area contributed by atoms with E-state index in [0.29, 0.717) is 13.2 Å². The standard InChI is InChI=1S/C12H18BrNO2/c1-9(14-7-12(15)8-16-2)10-3-5-11(13)6-4-10/h3-6,9,12,14-15H,7-8H2,1-2H3/t9-,12?/m0/s1. The fourth-order valence-electron chi connectivity index (χ4n) is 1.43. The smallest absolute Gasteiger partial charge is 0.0897 e. The van der Waals surface area contributed by atoms with Crippen LogP contribution in [-0.4, -0.2) is 31.5 Å². The maximum atomic E-state index is 9.49. The molecule has 0 bridgehead atoms. The van der Waals surface area contributed by atoms with Crippen molar-refractivity contribution in [2.45, 2.75) is 19.1 Å². The molecular weight excluding hydrogens is 270 g/mol. The fourth-order valence-corrected chi connectivity index (χ4v) is 1.70. The Labute approximate surface area is 105 Å². The number of ether oxygens (including phenoxy) is 1. The monoisotopic (exact) mass is 287 g/mol. The summed E-state index contributed by atoms with van der Waals surface area (Å²) in [6.07, 6.45) is -0.456. The summed E-state index contributed by atoms with van der Waals surface area (Å²) in [5, 5.41) is 12.8. The van der Waals surface area contributed by atoms with Gasteiger partial charge in [0.15, 0.2) is 0 Å². The fraction of sp³-hybridized carbons (Fsp3) is 0.500. The number of nitrogens with one attached hydrogen (secondary N) is 1. The van der Waals surface area contributed by atoms with Crippen LogP contribution in [0.2, 0.25) is 0 Å². The number of hydrogen-bond donors (Lipinski definition) is 2. The Kier molecular flexibility index (Phi) is 5.98. The molecule has 0 aliphatic carbocycles. The van der Waals surface area contributed by atoms with Gasteiger partial charge in [-0.25, -0.2) is 0 Å². The summed E-state index contributed by atoms with van der Waals surface area (Å²) in [6, 6.07) is 8.37. The highest BCUT2D eigenvalue weighted by Gasteiger charge is 2.08. The minimum Gasteiger partial charge on any atom is -0.389 e. The van der Waals surface area contributed by atoms with Gasteiger partial charge in [0, 0.05) is 24.2 Å². The lowest BCUT2D eigenvalue weighted by atomic mass is 10.1. The van der Waals surface area contributed by atoms with E-state index >= 15 is 0 Å². The van der Waals surface area contributed by atoms with Crippen molar-refractivity contribution in [1.82, 2.24) is 5.32 Å². The molecule has 1 unspecified atom stereocenters. The van der Waals surface area contributed by atoms with Gasteiger partial charge in [-0.15, -0.1) is 0 Å². The number of halogens is 1. The van der Waals surface area contributed by atoms with Crippen LogP contribution in [0.1, 0.15) is 18.5 Å². The van der Waals surface area contributed by atoms with E-state index in [0.717, 1.165) is 4.47 Å². The molecule has 1 aromatic rings. The van der Waals surface area contributed by atoms with Crippen LogP contribution >= 0.6 is 15.9 Å². The average molecular weight is 288 g/mol. The summed E-state index contributed by atoms with van der Waals surface area (Å²) in [4.78, 5) is 0. The number of rotatable bonds is 6. The lowest BCUT2D eigenvalue weighted by molar-refractivity contribution is 0.0630. The third kappa shape index (κ3) is 4.61. The van der Waals surface area contributed by atoms with Crippen LogP contribution in [0.15, 0.2) is 28.7 Å². The Bertz CT molecular complexity index is 302. The maximum Gasteiger partial charge on any atom is 0.0897 e. The maximum absolute atomic E-state index is 9.49. The average Bonchev–Trinajstić information content (AvgIpc) is 2.27. The predicted molar refractivity (Wildman–Crippen MR) is 68.4 cm³/mol. The summed E-state index contributed by atoms with van der Waals surface area (Å²) in [5.41, 5.74) is 1.20. The van der Waals surface area contributed by atoms with Crippen molar-refractivity contribution in [2.75, 3.05) is 20.3 Å². The van der Waals surface area contributed by atoms with Crippen LogP contribution in [-0.2, 0) is 4.74 Å². The molecule has 16 heavy (non-hydrogen) atoms. The number of aliphatic hydroxyl groups is 1. The molecule has 0 fully saturated rings. The Morgan fingerprint density at radius 2 is 2.00 bits per heavy atom. The second-order valence-electron chi connectivity index (χ2n) is 3.79. The molecule has 4 heteroatoms. The second-order valence-corrected chi connectivity index (χ2v) is 4.71. The molecule has 0 saturated heterocycles. The van der Waals surface area contributed by atoms with E-state index in [4.69, 9.17) is 4.74 Å². The van der Waals surface area contributed by atoms with E-state index in [-0.39, 0.29) is 6.04 Å². The Morgan fingerprint density at radius 3 is 2.56 bits per heavy atom. The second kappa shape index (κ2) is 7.01. The van der Waals surface area contributed by atoms with Crippen LogP contribution in [0.25, 0.3) is 0 Å². The van der Waals surface area contributed by atoms with Gasteiger partial charge >= 0.3 is 0 Å². The first kappa shape index (κ1) is 13.6. The molecule has 0 saturated carbocycles. The van der Waals surface area contributed by atoms with Crippen LogP contribution < -0.4 is 5.32 Å². The molecule has 3 nitrogen and oxygen atoms in total. The lowest BCUT2D eigenvalue weighted by Gasteiger charge is -2.17. The summed E-state index contributed by atoms with van der Waals surface area (Å²) < 4.78 is 5.93. The molecular formula is C12H18BrNO2. The molecule has 0 heterocycles.